The molecule has 1 fully saturated rings. The molecule has 4 heteroatoms. The monoisotopic (exact) mass is 230 g/mol. The largest absolute Gasteiger partial charge is 0.369 e. The van der Waals surface area contributed by atoms with E-state index in [0.717, 1.165) is 30.0 Å². The Hall–Kier alpha value is -1.58. The summed E-state index contributed by atoms with van der Waals surface area (Å²) < 4.78 is 1.84. The van der Waals surface area contributed by atoms with Gasteiger partial charge in [-0.1, -0.05) is 18.2 Å². The van der Waals surface area contributed by atoms with Crippen LogP contribution in [0.4, 0.5) is 5.69 Å². The third kappa shape index (κ3) is 1.77. The van der Waals surface area contributed by atoms with E-state index in [2.05, 4.69) is 40.3 Å². The Morgan fingerprint density at radius 1 is 1.35 bits per heavy atom. The lowest BCUT2D eigenvalue weighted by Crippen LogP contribution is -2.34. The van der Waals surface area contributed by atoms with E-state index in [1.807, 2.05) is 11.7 Å². The number of aryl methyl sites for hydroxylation is 1. The molecule has 2 heterocycles. The van der Waals surface area contributed by atoms with Crippen molar-refractivity contribution >= 4 is 16.7 Å². The highest BCUT2D eigenvalue weighted by Crippen LogP contribution is 2.28. The van der Waals surface area contributed by atoms with Gasteiger partial charge in [0.15, 0.2) is 0 Å². The minimum absolute atomic E-state index is 0.774. The van der Waals surface area contributed by atoms with Crippen molar-refractivity contribution in [2.45, 2.75) is 19.8 Å². The molecule has 1 aromatic heterocycles. The predicted molar refractivity (Wildman–Crippen MR) is 69.1 cm³/mol. The number of fused-ring (bicyclic) bond motifs is 1. The number of benzene rings is 1. The number of piperidine rings is 1. The molecule has 4 nitrogen and oxygen atoms in total. The molecule has 1 aliphatic rings. The molecule has 1 aromatic carbocycles. The Bertz CT molecular complexity index is 531. The van der Waals surface area contributed by atoms with Gasteiger partial charge in [-0.05, 0) is 30.9 Å². The molecule has 0 unspecified atom stereocenters. The zero-order chi connectivity index (χ0) is 11.8. The van der Waals surface area contributed by atoms with E-state index in [-0.39, 0.29) is 0 Å². The normalized spacial score (nSPS) is 21.1. The Kier molecular flexibility index (Phi) is 2.50. The molecule has 0 bridgehead atoms. The smallest absolute Gasteiger partial charge is 0.136 e. The fourth-order valence-corrected chi connectivity index (χ4v) is 2.71. The van der Waals surface area contributed by atoms with Gasteiger partial charge in [0.2, 0.25) is 0 Å². The number of aromatic nitrogens is 3. The highest BCUT2D eigenvalue weighted by atomic mass is 15.4. The Balaban J connectivity index is 2.04. The maximum atomic E-state index is 4.29. The van der Waals surface area contributed by atoms with E-state index >= 15 is 0 Å². The molecule has 0 N–H and O–H groups in total. The summed E-state index contributed by atoms with van der Waals surface area (Å²) in [6, 6.07) is 6.33. The second kappa shape index (κ2) is 4.02. The summed E-state index contributed by atoms with van der Waals surface area (Å²) in [5.41, 5.74) is 3.38. The van der Waals surface area contributed by atoms with E-state index in [4.69, 9.17) is 0 Å². The average molecular weight is 230 g/mol. The molecule has 1 aliphatic heterocycles. The molecule has 0 spiro atoms. The number of anilines is 1. The van der Waals surface area contributed by atoms with Gasteiger partial charge in [-0.25, -0.2) is 4.68 Å². The number of hydrogen-bond donors (Lipinski definition) is 0. The highest BCUT2D eigenvalue weighted by molar-refractivity contribution is 5.88. The fourth-order valence-electron chi connectivity index (χ4n) is 2.71. The molecule has 2 aromatic rings. The third-order valence-corrected chi connectivity index (χ3v) is 3.62. The van der Waals surface area contributed by atoms with E-state index in [0.29, 0.717) is 0 Å². The van der Waals surface area contributed by atoms with Crippen molar-refractivity contribution in [1.82, 2.24) is 15.0 Å². The highest BCUT2D eigenvalue weighted by Gasteiger charge is 2.19. The van der Waals surface area contributed by atoms with Crippen molar-refractivity contribution in [2.75, 3.05) is 18.0 Å². The van der Waals surface area contributed by atoms with Gasteiger partial charge in [0.25, 0.3) is 0 Å². The SMILES string of the molecule is C[C@H]1CCCN(c2cccc3c2nnn3C)C1. The second-order valence-electron chi connectivity index (χ2n) is 5.05. The first-order chi connectivity index (χ1) is 8.25. The number of rotatable bonds is 1. The summed E-state index contributed by atoms with van der Waals surface area (Å²) in [4.78, 5) is 2.45. The van der Waals surface area contributed by atoms with E-state index in [9.17, 15) is 0 Å². The first-order valence-electron chi connectivity index (χ1n) is 6.29. The van der Waals surface area contributed by atoms with Crippen LogP contribution in [0.3, 0.4) is 0 Å². The van der Waals surface area contributed by atoms with Crippen LogP contribution < -0.4 is 4.90 Å². The summed E-state index contributed by atoms with van der Waals surface area (Å²) in [5.74, 6) is 0.774. The molecule has 0 saturated carbocycles. The molecule has 17 heavy (non-hydrogen) atoms. The van der Waals surface area contributed by atoms with Gasteiger partial charge in [0.1, 0.15) is 5.52 Å². The van der Waals surface area contributed by atoms with Gasteiger partial charge >= 0.3 is 0 Å². The van der Waals surface area contributed by atoms with Crippen molar-refractivity contribution in [3.8, 4) is 0 Å². The number of nitrogens with zero attached hydrogens (tertiary/aromatic N) is 4. The van der Waals surface area contributed by atoms with Crippen LogP contribution in [0.1, 0.15) is 19.8 Å². The lowest BCUT2D eigenvalue weighted by Gasteiger charge is -2.32. The second-order valence-corrected chi connectivity index (χ2v) is 5.05. The first-order valence-corrected chi connectivity index (χ1v) is 6.29. The molecule has 1 atom stereocenters. The van der Waals surface area contributed by atoms with E-state index in [1.165, 1.54) is 18.5 Å². The maximum absolute atomic E-state index is 4.29. The fraction of sp³-hybridized carbons (Fsp3) is 0.538. The van der Waals surface area contributed by atoms with Crippen LogP contribution in [0.2, 0.25) is 0 Å². The lowest BCUT2D eigenvalue weighted by molar-refractivity contribution is 0.447. The summed E-state index contributed by atoms with van der Waals surface area (Å²) in [5, 5.41) is 8.40. The van der Waals surface area contributed by atoms with Crippen molar-refractivity contribution in [2.24, 2.45) is 13.0 Å². The van der Waals surface area contributed by atoms with Gasteiger partial charge in [-0.3, -0.25) is 0 Å². The average Bonchev–Trinajstić information content (AvgIpc) is 2.71. The van der Waals surface area contributed by atoms with Gasteiger partial charge in [0, 0.05) is 20.1 Å². The summed E-state index contributed by atoms with van der Waals surface area (Å²) in [6.07, 6.45) is 2.62. The topological polar surface area (TPSA) is 34.0 Å². The Labute approximate surface area is 101 Å². The molecule has 0 radical (unpaired) electrons. The number of hydrogen-bond acceptors (Lipinski definition) is 3. The van der Waals surface area contributed by atoms with Crippen LogP contribution in [-0.2, 0) is 7.05 Å². The minimum Gasteiger partial charge on any atom is -0.369 e. The maximum Gasteiger partial charge on any atom is 0.136 e. The first kappa shape index (κ1) is 10.6. The van der Waals surface area contributed by atoms with Crippen LogP contribution in [0, 0.1) is 5.92 Å². The zero-order valence-electron chi connectivity index (χ0n) is 10.4. The lowest BCUT2D eigenvalue weighted by atomic mass is 9.99. The van der Waals surface area contributed by atoms with Gasteiger partial charge in [0.05, 0.1) is 11.2 Å². The van der Waals surface area contributed by atoms with Crippen molar-refractivity contribution < 1.29 is 0 Å². The minimum atomic E-state index is 0.774. The molecule has 3 rings (SSSR count). The van der Waals surface area contributed by atoms with Crippen molar-refractivity contribution in [1.29, 1.82) is 0 Å². The molecule has 0 aliphatic carbocycles. The van der Waals surface area contributed by atoms with Crippen LogP contribution in [-0.4, -0.2) is 28.1 Å². The van der Waals surface area contributed by atoms with Crippen LogP contribution in [0.25, 0.3) is 11.0 Å². The van der Waals surface area contributed by atoms with Gasteiger partial charge in [-0.15, -0.1) is 5.10 Å². The molecule has 1 saturated heterocycles. The van der Waals surface area contributed by atoms with E-state index < -0.39 is 0 Å². The van der Waals surface area contributed by atoms with E-state index in [1.54, 1.807) is 0 Å². The van der Waals surface area contributed by atoms with Crippen LogP contribution in [0.15, 0.2) is 18.2 Å². The Morgan fingerprint density at radius 2 is 2.24 bits per heavy atom. The van der Waals surface area contributed by atoms with Crippen LogP contribution in [0.5, 0.6) is 0 Å². The summed E-state index contributed by atoms with van der Waals surface area (Å²) >= 11 is 0. The van der Waals surface area contributed by atoms with Crippen LogP contribution >= 0.6 is 0 Å². The van der Waals surface area contributed by atoms with Crippen molar-refractivity contribution in [3.63, 3.8) is 0 Å². The summed E-state index contributed by atoms with van der Waals surface area (Å²) in [7, 11) is 1.94. The third-order valence-electron chi connectivity index (χ3n) is 3.62. The van der Waals surface area contributed by atoms with Gasteiger partial charge in [-0.2, -0.15) is 0 Å². The summed E-state index contributed by atoms with van der Waals surface area (Å²) in [6.45, 7) is 4.60. The zero-order valence-corrected chi connectivity index (χ0v) is 10.4. The molecular weight excluding hydrogens is 212 g/mol. The predicted octanol–water partition coefficient (Wildman–Crippen LogP) is 2.20. The molecule has 0 amide bonds. The Morgan fingerprint density at radius 3 is 3.06 bits per heavy atom. The molecule has 90 valence electrons. The molecular formula is C13H18N4. The van der Waals surface area contributed by atoms with Crippen molar-refractivity contribution in [3.05, 3.63) is 18.2 Å². The van der Waals surface area contributed by atoms with Gasteiger partial charge < -0.3 is 4.90 Å². The quantitative estimate of drug-likeness (QED) is 0.753. The standard InChI is InChI=1S/C13H18N4/c1-10-5-4-8-17(9-10)12-7-3-6-11-13(12)14-15-16(11)2/h3,6-7,10H,4-5,8-9H2,1-2H3/t10-/m0/s1.